The maximum Gasteiger partial charge on any atom is 0.212 e. The highest BCUT2D eigenvalue weighted by atomic mass is 35.5. The molecule has 0 aliphatic heterocycles. The van der Waals surface area contributed by atoms with E-state index in [0.717, 1.165) is 5.56 Å². The van der Waals surface area contributed by atoms with E-state index in [2.05, 4.69) is 4.72 Å². The third-order valence-electron chi connectivity index (χ3n) is 2.57. The average molecular weight is 345 g/mol. The minimum atomic E-state index is -3.37. The molecular weight excluding hydrogens is 329 g/mol. The lowest BCUT2D eigenvalue weighted by Crippen LogP contribution is -2.31. The minimum absolute atomic E-state index is 0.00214. The van der Waals surface area contributed by atoms with Crippen molar-refractivity contribution in [3.8, 4) is 0 Å². The van der Waals surface area contributed by atoms with Gasteiger partial charge in [-0.25, -0.2) is 13.1 Å². The van der Waals surface area contributed by atoms with Crippen molar-refractivity contribution >= 4 is 44.8 Å². The summed E-state index contributed by atoms with van der Waals surface area (Å²) in [6.07, 6.45) is 0. The number of nitrogens with one attached hydrogen (secondary N) is 1. The minimum Gasteiger partial charge on any atom is -0.212 e. The standard InChI is InChI=1S/C12H16Cl3NO2S/c1-8(6-13)7-19(17,18)16-9(2)10-3-4-11(14)12(15)5-10/h3-5,8-9,16H,6-7H2,1-2H3. The highest BCUT2D eigenvalue weighted by molar-refractivity contribution is 7.89. The number of alkyl halides is 1. The van der Waals surface area contributed by atoms with Crippen LogP contribution in [-0.2, 0) is 10.0 Å². The van der Waals surface area contributed by atoms with Crippen molar-refractivity contribution in [1.29, 1.82) is 0 Å². The normalized spacial score (nSPS) is 15.2. The molecule has 0 spiro atoms. The van der Waals surface area contributed by atoms with Crippen LogP contribution in [0.15, 0.2) is 18.2 Å². The molecule has 0 amide bonds. The third-order valence-corrected chi connectivity index (χ3v) is 5.55. The Morgan fingerprint density at radius 3 is 2.37 bits per heavy atom. The second kappa shape index (κ2) is 7.14. The number of hydrogen-bond donors (Lipinski definition) is 1. The van der Waals surface area contributed by atoms with Gasteiger partial charge in [0.25, 0.3) is 0 Å². The number of halogens is 3. The van der Waals surface area contributed by atoms with E-state index in [4.69, 9.17) is 34.8 Å². The molecule has 0 bridgehead atoms. The maximum absolute atomic E-state index is 11.9. The molecule has 2 atom stereocenters. The first kappa shape index (κ1) is 17.1. The Balaban J connectivity index is 2.78. The fraction of sp³-hybridized carbons (Fsp3) is 0.500. The summed E-state index contributed by atoms with van der Waals surface area (Å²) in [5.41, 5.74) is 0.761. The summed E-state index contributed by atoms with van der Waals surface area (Å²) < 4.78 is 26.4. The molecule has 0 aliphatic rings. The van der Waals surface area contributed by atoms with Crippen LogP contribution in [0.1, 0.15) is 25.5 Å². The number of sulfonamides is 1. The molecule has 1 aromatic rings. The van der Waals surface area contributed by atoms with E-state index in [1.54, 1.807) is 32.0 Å². The smallest absolute Gasteiger partial charge is 0.212 e. The Morgan fingerprint density at radius 2 is 1.84 bits per heavy atom. The Bertz CT molecular complexity index is 534. The van der Waals surface area contributed by atoms with E-state index >= 15 is 0 Å². The van der Waals surface area contributed by atoms with Crippen LogP contribution in [0, 0.1) is 5.92 Å². The van der Waals surface area contributed by atoms with E-state index in [-0.39, 0.29) is 17.7 Å². The molecule has 7 heteroatoms. The second-order valence-corrected chi connectivity index (χ2v) is 7.48. The fourth-order valence-electron chi connectivity index (χ4n) is 1.59. The summed E-state index contributed by atoms with van der Waals surface area (Å²) in [5, 5.41) is 0.843. The summed E-state index contributed by atoms with van der Waals surface area (Å²) >= 11 is 17.4. The summed E-state index contributed by atoms with van der Waals surface area (Å²) in [7, 11) is -3.37. The van der Waals surface area contributed by atoms with Gasteiger partial charge in [0.15, 0.2) is 0 Å². The second-order valence-electron chi connectivity index (χ2n) is 4.55. The van der Waals surface area contributed by atoms with Crippen LogP contribution in [0.3, 0.4) is 0 Å². The van der Waals surface area contributed by atoms with Gasteiger partial charge in [0, 0.05) is 11.9 Å². The van der Waals surface area contributed by atoms with Gasteiger partial charge in [0.1, 0.15) is 0 Å². The highest BCUT2D eigenvalue weighted by Gasteiger charge is 2.19. The van der Waals surface area contributed by atoms with Crippen molar-refractivity contribution in [1.82, 2.24) is 4.72 Å². The van der Waals surface area contributed by atoms with Gasteiger partial charge in [0.05, 0.1) is 15.8 Å². The van der Waals surface area contributed by atoms with Crippen LogP contribution >= 0.6 is 34.8 Å². The van der Waals surface area contributed by atoms with E-state index < -0.39 is 10.0 Å². The van der Waals surface area contributed by atoms with Gasteiger partial charge in [-0.05, 0) is 30.5 Å². The molecule has 19 heavy (non-hydrogen) atoms. The molecule has 3 nitrogen and oxygen atoms in total. The molecule has 0 aliphatic carbocycles. The quantitative estimate of drug-likeness (QED) is 0.797. The van der Waals surface area contributed by atoms with Crippen LogP contribution in [-0.4, -0.2) is 20.1 Å². The predicted octanol–water partition coefficient (Wildman–Crippen LogP) is 3.85. The van der Waals surface area contributed by atoms with Crippen molar-refractivity contribution in [3.63, 3.8) is 0 Å². The molecule has 0 radical (unpaired) electrons. The Hall–Kier alpha value is -0.000000000000000222. The van der Waals surface area contributed by atoms with E-state index in [9.17, 15) is 8.42 Å². The van der Waals surface area contributed by atoms with Crippen molar-refractivity contribution < 1.29 is 8.42 Å². The van der Waals surface area contributed by atoms with Gasteiger partial charge >= 0.3 is 0 Å². The van der Waals surface area contributed by atoms with Gasteiger partial charge in [-0.2, -0.15) is 0 Å². The van der Waals surface area contributed by atoms with Gasteiger partial charge in [-0.15, -0.1) is 11.6 Å². The van der Waals surface area contributed by atoms with Crippen LogP contribution in [0.4, 0.5) is 0 Å². The summed E-state index contributed by atoms with van der Waals surface area (Å²) in [5.74, 6) is 0.213. The van der Waals surface area contributed by atoms with Gasteiger partial charge in [0.2, 0.25) is 10.0 Å². The zero-order valence-electron chi connectivity index (χ0n) is 10.7. The van der Waals surface area contributed by atoms with Gasteiger partial charge < -0.3 is 0 Å². The summed E-state index contributed by atoms with van der Waals surface area (Å²) in [6, 6.07) is 4.67. The van der Waals surface area contributed by atoms with Crippen LogP contribution < -0.4 is 4.72 Å². The summed E-state index contributed by atoms with van der Waals surface area (Å²) in [4.78, 5) is 0. The molecule has 1 rings (SSSR count). The zero-order chi connectivity index (χ0) is 14.6. The molecule has 108 valence electrons. The number of benzene rings is 1. The number of hydrogen-bond acceptors (Lipinski definition) is 2. The molecular formula is C12H16Cl3NO2S. The van der Waals surface area contributed by atoms with E-state index in [1.807, 2.05) is 0 Å². The third kappa shape index (κ3) is 5.48. The zero-order valence-corrected chi connectivity index (χ0v) is 13.7. The van der Waals surface area contributed by atoms with Crippen molar-refractivity contribution in [2.24, 2.45) is 5.92 Å². The molecule has 2 unspecified atom stereocenters. The number of rotatable bonds is 6. The Kier molecular flexibility index (Phi) is 6.40. The first-order valence-corrected chi connectivity index (χ1v) is 8.70. The first-order chi connectivity index (χ1) is 8.75. The topological polar surface area (TPSA) is 46.2 Å². The lowest BCUT2D eigenvalue weighted by atomic mass is 10.1. The highest BCUT2D eigenvalue weighted by Crippen LogP contribution is 2.25. The Labute approximate surface area is 129 Å². The maximum atomic E-state index is 11.9. The first-order valence-electron chi connectivity index (χ1n) is 5.76. The van der Waals surface area contributed by atoms with Crippen molar-refractivity contribution in [2.45, 2.75) is 19.9 Å². The molecule has 1 N–H and O–H groups in total. The largest absolute Gasteiger partial charge is 0.212 e. The fourth-order valence-corrected chi connectivity index (χ4v) is 3.77. The lowest BCUT2D eigenvalue weighted by molar-refractivity contribution is 0.555. The molecule has 0 aromatic heterocycles. The van der Waals surface area contributed by atoms with Crippen LogP contribution in [0.25, 0.3) is 0 Å². The van der Waals surface area contributed by atoms with E-state index in [1.165, 1.54) is 0 Å². The molecule has 0 fully saturated rings. The molecule has 0 saturated heterocycles. The van der Waals surface area contributed by atoms with Crippen molar-refractivity contribution in [3.05, 3.63) is 33.8 Å². The molecule has 0 heterocycles. The average Bonchev–Trinajstić information content (AvgIpc) is 2.31. The van der Waals surface area contributed by atoms with E-state index in [0.29, 0.717) is 15.9 Å². The lowest BCUT2D eigenvalue weighted by Gasteiger charge is -2.16. The van der Waals surface area contributed by atoms with Gasteiger partial charge in [-0.3, -0.25) is 0 Å². The van der Waals surface area contributed by atoms with Gasteiger partial charge in [-0.1, -0.05) is 36.2 Å². The monoisotopic (exact) mass is 343 g/mol. The predicted molar refractivity (Wildman–Crippen MR) is 81.7 cm³/mol. The Morgan fingerprint density at radius 1 is 1.21 bits per heavy atom. The van der Waals surface area contributed by atoms with Crippen LogP contribution in [0.5, 0.6) is 0 Å². The SMILES string of the molecule is CC(CCl)CS(=O)(=O)NC(C)c1ccc(Cl)c(Cl)c1. The molecule has 1 aromatic carbocycles. The molecule has 0 saturated carbocycles. The van der Waals surface area contributed by atoms with Crippen LogP contribution in [0.2, 0.25) is 10.0 Å². The summed E-state index contributed by atoms with van der Waals surface area (Å²) in [6.45, 7) is 3.54. The van der Waals surface area contributed by atoms with Crippen molar-refractivity contribution in [2.75, 3.05) is 11.6 Å².